The minimum Gasteiger partial charge on any atom is -0.448 e. The average molecular weight is 423 g/mol. The number of nitrogens with zero attached hydrogens (tertiary/aromatic N) is 2. The largest absolute Gasteiger partial charge is 0.448 e. The lowest BCUT2D eigenvalue weighted by atomic mass is 9.96. The average Bonchev–Trinajstić information content (AvgIpc) is 3.12. The van der Waals surface area contributed by atoms with Gasteiger partial charge in [-0.2, -0.15) is 11.8 Å². The molecule has 1 N–H and O–H groups in total. The van der Waals surface area contributed by atoms with Crippen LogP contribution in [-0.4, -0.2) is 38.9 Å². The van der Waals surface area contributed by atoms with Crippen molar-refractivity contribution in [3.8, 4) is 0 Å². The van der Waals surface area contributed by atoms with Gasteiger partial charge in [0.1, 0.15) is 6.61 Å². The molecule has 2 aromatic heterocycles. The number of thioether (sulfide) groups is 1. The molecule has 2 heterocycles. The third-order valence-corrected chi connectivity index (χ3v) is 6.55. The van der Waals surface area contributed by atoms with E-state index < -0.39 is 0 Å². The minimum atomic E-state index is -0.377. The zero-order chi connectivity index (χ0) is 21.1. The normalized spacial score (nSPS) is 11.6. The van der Waals surface area contributed by atoms with Crippen molar-refractivity contribution in [2.45, 2.75) is 33.3 Å². The first kappa shape index (κ1) is 20.7. The molecule has 0 amide bonds. The predicted octanol–water partition coefficient (Wildman–Crippen LogP) is 5.66. The maximum atomic E-state index is 13.2. The molecule has 6 heteroatoms. The lowest BCUT2D eigenvalue weighted by Crippen LogP contribution is -2.15. The fourth-order valence-corrected chi connectivity index (χ4v) is 4.98. The van der Waals surface area contributed by atoms with Crippen LogP contribution in [-0.2, 0) is 11.3 Å². The molecule has 2 aromatic carbocycles. The van der Waals surface area contributed by atoms with Gasteiger partial charge in [0.15, 0.2) is 0 Å². The zero-order valence-electron chi connectivity index (χ0n) is 17.4. The van der Waals surface area contributed by atoms with Crippen molar-refractivity contribution in [1.29, 1.82) is 0 Å². The number of aryl methyl sites for hydroxylation is 1. The summed E-state index contributed by atoms with van der Waals surface area (Å²) in [5.74, 6) is 1.88. The molecule has 0 atom stereocenters. The lowest BCUT2D eigenvalue weighted by Gasteiger charge is -2.13. The first-order chi connectivity index (χ1) is 14.7. The summed E-state index contributed by atoms with van der Waals surface area (Å²) in [6.45, 7) is 4.43. The van der Waals surface area contributed by atoms with Crippen molar-refractivity contribution >= 4 is 50.4 Å². The highest BCUT2D eigenvalue weighted by Gasteiger charge is 2.23. The van der Waals surface area contributed by atoms with Crippen LogP contribution in [0.25, 0.3) is 32.6 Å². The molecule has 0 saturated heterocycles. The Morgan fingerprint density at radius 2 is 2.00 bits per heavy atom. The van der Waals surface area contributed by atoms with E-state index in [9.17, 15) is 9.90 Å². The second-order valence-electron chi connectivity index (χ2n) is 7.34. The van der Waals surface area contributed by atoms with Gasteiger partial charge in [0.25, 0.3) is 0 Å². The number of aliphatic hydroxyl groups is 1. The van der Waals surface area contributed by atoms with Crippen molar-refractivity contribution in [1.82, 2.24) is 9.55 Å². The van der Waals surface area contributed by atoms with Crippen LogP contribution in [0, 0.1) is 6.92 Å². The van der Waals surface area contributed by atoms with E-state index in [0.29, 0.717) is 6.61 Å². The Morgan fingerprint density at radius 1 is 1.17 bits per heavy atom. The number of aliphatic hydroxyl groups excluding tert-OH is 1. The molecule has 5 nitrogen and oxygen atoms in total. The van der Waals surface area contributed by atoms with Gasteiger partial charge < -0.3 is 9.84 Å². The van der Waals surface area contributed by atoms with Crippen molar-refractivity contribution < 1.29 is 14.6 Å². The monoisotopic (exact) mass is 422 g/mol. The van der Waals surface area contributed by atoms with Crippen LogP contribution in [0.15, 0.2) is 42.7 Å². The third-order valence-electron chi connectivity index (χ3n) is 5.52. The Morgan fingerprint density at radius 3 is 2.80 bits per heavy atom. The number of benzene rings is 2. The number of rotatable bonds is 7. The molecule has 0 spiro atoms. The number of hydrogen-bond donors (Lipinski definition) is 1. The van der Waals surface area contributed by atoms with Gasteiger partial charge in [0.05, 0.1) is 17.6 Å². The molecular formula is C24H26N2O3S. The summed E-state index contributed by atoms with van der Waals surface area (Å²) in [5, 5.41) is 13.9. The summed E-state index contributed by atoms with van der Waals surface area (Å²) in [7, 11) is 0. The number of aromatic nitrogens is 2. The quantitative estimate of drug-likeness (QED) is 0.389. The van der Waals surface area contributed by atoms with Crippen LogP contribution >= 0.6 is 11.8 Å². The molecule has 0 bridgehead atoms. The topological polar surface area (TPSA) is 64.3 Å². The number of pyridine rings is 1. The zero-order valence-corrected chi connectivity index (χ0v) is 18.2. The van der Waals surface area contributed by atoms with Crippen molar-refractivity contribution in [2.24, 2.45) is 0 Å². The summed E-state index contributed by atoms with van der Waals surface area (Å²) in [6, 6.07) is 9.71. The second kappa shape index (κ2) is 9.06. The molecule has 0 aliphatic carbocycles. The smallest absolute Gasteiger partial charge is 0.419 e. The molecular weight excluding hydrogens is 396 g/mol. The maximum Gasteiger partial charge on any atom is 0.419 e. The van der Waals surface area contributed by atoms with Gasteiger partial charge in [0, 0.05) is 34.3 Å². The van der Waals surface area contributed by atoms with E-state index in [4.69, 9.17) is 4.74 Å². The molecule has 4 aromatic rings. The third kappa shape index (κ3) is 3.55. The van der Waals surface area contributed by atoms with E-state index in [0.717, 1.165) is 55.2 Å². The molecule has 0 fully saturated rings. The van der Waals surface area contributed by atoms with Gasteiger partial charge >= 0.3 is 6.09 Å². The summed E-state index contributed by atoms with van der Waals surface area (Å²) in [5.41, 5.74) is 3.35. The van der Waals surface area contributed by atoms with Crippen LogP contribution in [0.3, 0.4) is 0 Å². The SMILES string of the molecule is CCCCSCCOC(=O)n1c2ccccc2c2c(CO)c3cnccc3c(C)c21. The van der Waals surface area contributed by atoms with E-state index in [2.05, 4.69) is 11.9 Å². The summed E-state index contributed by atoms with van der Waals surface area (Å²) >= 11 is 1.81. The van der Waals surface area contributed by atoms with Gasteiger partial charge in [-0.15, -0.1) is 0 Å². The maximum absolute atomic E-state index is 13.2. The van der Waals surface area contributed by atoms with E-state index in [1.54, 1.807) is 17.0 Å². The number of ether oxygens (including phenoxy) is 1. The van der Waals surface area contributed by atoms with Crippen LogP contribution in [0.2, 0.25) is 0 Å². The fourth-order valence-electron chi connectivity index (χ4n) is 4.08. The predicted molar refractivity (Wildman–Crippen MR) is 124 cm³/mol. The number of para-hydroxylation sites is 1. The Labute approximate surface area is 180 Å². The first-order valence-corrected chi connectivity index (χ1v) is 11.5. The van der Waals surface area contributed by atoms with Gasteiger partial charge in [-0.3, -0.25) is 4.98 Å². The first-order valence-electron chi connectivity index (χ1n) is 10.3. The highest BCUT2D eigenvalue weighted by molar-refractivity contribution is 7.99. The van der Waals surface area contributed by atoms with Gasteiger partial charge in [-0.05, 0) is 47.7 Å². The second-order valence-corrected chi connectivity index (χ2v) is 8.56. The number of carbonyl (C=O) groups excluding carboxylic acids is 1. The Balaban J connectivity index is 1.85. The minimum absolute atomic E-state index is 0.129. The number of fused-ring (bicyclic) bond motifs is 4. The Kier molecular flexibility index (Phi) is 6.25. The molecule has 156 valence electrons. The van der Waals surface area contributed by atoms with Gasteiger partial charge in [0.2, 0.25) is 0 Å². The van der Waals surface area contributed by atoms with Crippen LogP contribution < -0.4 is 0 Å². The molecule has 30 heavy (non-hydrogen) atoms. The van der Waals surface area contributed by atoms with E-state index in [-0.39, 0.29) is 12.7 Å². The standard InChI is InChI=1S/C24H26N2O3S/c1-3-4-12-30-13-11-29-24(28)26-21-8-6-5-7-18(21)22-20(15-27)19-14-25-10-9-17(19)16(2)23(22)26/h5-10,14,27H,3-4,11-13,15H2,1-2H3. The Bertz CT molecular complexity index is 1220. The van der Waals surface area contributed by atoms with Crippen LogP contribution in [0.1, 0.15) is 30.9 Å². The van der Waals surface area contributed by atoms with Crippen LogP contribution in [0.4, 0.5) is 4.79 Å². The summed E-state index contributed by atoms with van der Waals surface area (Å²) in [4.78, 5) is 17.4. The lowest BCUT2D eigenvalue weighted by molar-refractivity contribution is 0.157. The van der Waals surface area contributed by atoms with E-state index in [1.807, 2.05) is 49.0 Å². The fraction of sp³-hybridized carbons (Fsp3) is 0.333. The molecule has 0 radical (unpaired) electrons. The number of carbonyl (C=O) groups is 1. The highest BCUT2D eigenvalue weighted by atomic mass is 32.2. The molecule has 4 rings (SSSR count). The molecule has 0 aliphatic heterocycles. The summed E-state index contributed by atoms with van der Waals surface area (Å²) in [6.07, 6.45) is 5.49. The van der Waals surface area contributed by atoms with Crippen molar-refractivity contribution in [3.63, 3.8) is 0 Å². The molecule has 0 saturated carbocycles. The van der Waals surface area contributed by atoms with Crippen molar-refractivity contribution in [2.75, 3.05) is 18.1 Å². The van der Waals surface area contributed by atoms with Crippen molar-refractivity contribution in [3.05, 3.63) is 53.9 Å². The molecule has 0 unspecified atom stereocenters. The number of unbranched alkanes of at least 4 members (excludes halogenated alkanes) is 1. The highest BCUT2D eigenvalue weighted by Crippen LogP contribution is 2.38. The molecule has 0 aliphatic rings. The summed E-state index contributed by atoms with van der Waals surface area (Å²) < 4.78 is 7.31. The van der Waals surface area contributed by atoms with E-state index >= 15 is 0 Å². The van der Waals surface area contributed by atoms with Crippen LogP contribution in [0.5, 0.6) is 0 Å². The van der Waals surface area contributed by atoms with Gasteiger partial charge in [-0.25, -0.2) is 9.36 Å². The van der Waals surface area contributed by atoms with E-state index in [1.165, 1.54) is 12.8 Å². The van der Waals surface area contributed by atoms with Gasteiger partial charge in [-0.1, -0.05) is 31.5 Å². The Hall–Kier alpha value is -2.57. The number of hydrogen-bond acceptors (Lipinski definition) is 5.